The molecular formula is C16H27N3O. The summed E-state index contributed by atoms with van der Waals surface area (Å²) >= 11 is 0. The molecule has 4 nitrogen and oxygen atoms in total. The van der Waals surface area contributed by atoms with Crippen molar-refractivity contribution in [2.75, 3.05) is 13.2 Å². The summed E-state index contributed by atoms with van der Waals surface area (Å²) in [5, 5.41) is 8.85. The van der Waals surface area contributed by atoms with Gasteiger partial charge in [-0.15, -0.1) is 5.10 Å². The summed E-state index contributed by atoms with van der Waals surface area (Å²) < 4.78 is 7.78. The molecule has 0 aliphatic heterocycles. The molecule has 3 atom stereocenters. The lowest BCUT2D eigenvalue weighted by molar-refractivity contribution is 0.130. The maximum atomic E-state index is 5.63. The van der Waals surface area contributed by atoms with Gasteiger partial charge in [-0.1, -0.05) is 5.21 Å². The van der Waals surface area contributed by atoms with Gasteiger partial charge in [0.05, 0.1) is 16.9 Å². The van der Waals surface area contributed by atoms with E-state index in [9.17, 15) is 0 Å². The van der Waals surface area contributed by atoms with E-state index in [0.29, 0.717) is 0 Å². The predicted octanol–water partition coefficient (Wildman–Crippen LogP) is 2.81. The summed E-state index contributed by atoms with van der Waals surface area (Å²) in [4.78, 5) is 0. The summed E-state index contributed by atoms with van der Waals surface area (Å²) in [6.45, 7) is 10.5. The van der Waals surface area contributed by atoms with Crippen LogP contribution in [0.25, 0.3) is 0 Å². The Hall–Kier alpha value is -0.900. The van der Waals surface area contributed by atoms with Gasteiger partial charge in [-0.25, -0.2) is 4.68 Å². The average molecular weight is 277 g/mol. The van der Waals surface area contributed by atoms with Crippen molar-refractivity contribution in [3.8, 4) is 0 Å². The monoisotopic (exact) mass is 277 g/mol. The molecule has 1 saturated carbocycles. The molecule has 1 heterocycles. The molecule has 1 fully saturated rings. The molecule has 2 aliphatic rings. The number of aryl methyl sites for hydroxylation is 1. The highest BCUT2D eigenvalue weighted by Gasteiger charge is 2.49. The minimum Gasteiger partial charge on any atom is -0.381 e. The molecule has 1 aromatic heterocycles. The van der Waals surface area contributed by atoms with Crippen LogP contribution in [0, 0.1) is 17.8 Å². The molecule has 0 amide bonds. The standard InChI is InChI=1S/C16H27N3O/c1-5-20-10-13-11-6-8-14-15(9-7-12(11)13)19(18-17-14)16(2,3)4/h11-13H,5-10H2,1-4H3. The number of nitrogens with zero attached hydrogens (tertiary/aromatic N) is 3. The Bertz CT molecular complexity index is 475. The topological polar surface area (TPSA) is 39.9 Å². The Balaban J connectivity index is 1.72. The van der Waals surface area contributed by atoms with Crippen LogP contribution >= 0.6 is 0 Å². The normalized spacial score (nSPS) is 29.3. The van der Waals surface area contributed by atoms with E-state index in [2.05, 4.69) is 42.7 Å². The van der Waals surface area contributed by atoms with Crippen LogP contribution in [0.15, 0.2) is 0 Å². The lowest BCUT2D eigenvalue weighted by atomic mass is 10.00. The Morgan fingerprint density at radius 3 is 2.55 bits per heavy atom. The van der Waals surface area contributed by atoms with Crippen LogP contribution in [0.4, 0.5) is 0 Å². The third-order valence-electron chi connectivity index (χ3n) is 4.93. The van der Waals surface area contributed by atoms with Crippen molar-refractivity contribution in [1.82, 2.24) is 15.0 Å². The Morgan fingerprint density at radius 2 is 1.90 bits per heavy atom. The molecule has 0 aromatic carbocycles. The Kier molecular flexibility index (Phi) is 3.61. The number of hydrogen-bond acceptors (Lipinski definition) is 3. The van der Waals surface area contributed by atoms with Crippen LogP contribution in [0.2, 0.25) is 0 Å². The van der Waals surface area contributed by atoms with Gasteiger partial charge in [-0.3, -0.25) is 0 Å². The fourth-order valence-electron chi connectivity index (χ4n) is 3.80. The maximum Gasteiger partial charge on any atom is 0.0859 e. The van der Waals surface area contributed by atoms with Gasteiger partial charge in [0.15, 0.2) is 0 Å². The first kappa shape index (κ1) is 14.1. The molecule has 0 saturated heterocycles. The smallest absolute Gasteiger partial charge is 0.0859 e. The van der Waals surface area contributed by atoms with Crippen molar-refractivity contribution in [3.05, 3.63) is 11.4 Å². The van der Waals surface area contributed by atoms with Gasteiger partial charge in [0, 0.05) is 13.2 Å². The third-order valence-corrected chi connectivity index (χ3v) is 4.93. The highest BCUT2D eigenvalue weighted by Crippen LogP contribution is 2.53. The second kappa shape index (κ2) is 5.14. The molecule has 0 bridgehead atoms. The minimum absolute atomic E-state index is 0.0352. The number of rotatable bonds is 3. The minimum atomic E-state index is 0.0352. The van der Waals surface area contributed by atoms with Crippen molar-refractivity contribution < 1.29 is 4.74 Å². The first-order valence-electron chi connectivity index (χ1n) is 8.04. The van der Waals surface area contributed by atoms with Gasteiger partial charge in [-0.05, 0) is 71.1 Å². The van der Waals surface area contributed by atoms with Gasteiger partial charge in [0.25, 0.3) is 0 Å². The first-order chi connectivity index (χ1) is 9.52. The van der Waals surface area contributed by atoms with E-state index in [1.165, 1.54) is 24.2 Å². The molecule has 2 aliphatic carbocycles. The number of fused-ring (bicyclic) bond motifs is 2. The molecule has 3 unspecified atom stereocenters. The molecule has 112 valence electrons. The van der Waals surface area contributed by atoms with Crippen LogP contribution in [-0.2, 0) is 23.1 Å². The van der Waals surface area contributed by atoms with E-state index in [1.807, 2.05) is 0 Å². The van der Waals surface area contributed by atoms with Gasteiger partial charge < -0.3 is 4.74 Å². The Morgan fingerprint density at radius 1 is 1.20 bits per heavy atom. The summed E-state index contributed by atoms with van der Waals surface area (Å²) in [6.07, 6.45) is 4.76. The predicted molar refractivity (Wildman–Crippen MR) is 78.6 cm³/mol. The molecule has 3 rings (SSSR count). The Labute approximate surface area is 121 Å². The van der Waals surface area contributed by atoms with Crippen molar-refractivity contribution in [1.29, 1.82) is 0 Å². The van der Waals surface area contributed by atoms with Gasteiger partial charge in [0.2, 0.25) is 0 Å². The lowest BCUT2D eigenvalue weighted by Gasteiger charge is -2.22. The maximum absolute atomic E-state index is 5.63. The summed E-state index contributed by atoms with van der Waals surface area (Å²) in [6, 6.07) is 0. The summed E-state index contributed by atoms with van der Waals surface area (Å²) in [7, 11) is 0. The third kappa shape index (κ3) is 2.50. The largest absolute Gasteiger partial charge is 0.381 e. The van der Waals surface area contributed by atoms with E-state index in [1.54, 1.807) is 0 Å². The highest BCUT2D eigenvalue weighted by atomic mass is 16.5. The summed E-state index contributed by atoms with van der Waals surface area (Å²) in [5.74, 6) is 2.54. The molecule has 4 heteroatoms. The average Bonchev–Trinajstić information content (AvgIpc) is 2.82. The lowest BCUT2D eigenvalue weighted by Crippen LogP contribution is -2.26. The molecule has 0 spiro atoms. The van der Waals surface area contributed by atoms with E-state index >= 15 is 0 Å². The molecule has 20 heavy (non-hydrogen) atoms. The van der Waals surface area contributed by atoms with E-state index in [4.69, 9.17) is 4.74 Å². The number of ether oxygens (including phenoxy) is 1. The fourth-order valence-corrected chi connectivity index (χ4v) is 3.80. The van der Waals surface area contributed by atoms with Gasteiger partial charge in [0.1, 0.15) is 0 Å². The van der Waals surface area contributed by atoms with Crippen LogP contribution in [0.3, 0.4) is 0 Å². The van der Waals surface area contributed by atoms with E-state index in [0.717, 1.165) is 43.8 Å². The van der Waals surface area contributed by atoms with Crippen LogP contribution in [0.1, 0.15) is 51.9 Å². The van der Waals surface area contributed by atoms with Gasteiger partial charge in [-0.2, -0.15) is 0 Å². The van der Waals surface area contributed by atoms with Crippen LogP contribution < -0.4 is 0 Å². The second-order valence-electron chi connectivity index (χ2n) is 7.29. The molecule has 1 aromatic rings. The van der Waals surface area contributed by atoms with E-state index in [-0.39, 0.29) is 5.54 Å². The fraction of sp³-hybridized carbons (Fsp3) is 0.875. The zero-order valence-electron chi connectivity index (χ0n) is 13.2. The van der Waals surface area contributed by atoms with Gasteiger partial charge >= 0.3 is 0 Å². The summed E-state index contributed by atoms with van der Waals surface area (Å²) in [5.41, 5.74) is 2.64. The number of aromatic nitrogens is 3. The zero-order valence-corrected chi connectivity index (χ0v) is 13.2. The highest BCUT2D eigenvalue weighted by molar-refractivity contribution is 5.16. The first-order valence-corrected chi connectivity index (χ1v) is 8.04. The SMILES string of the molecule is CCOCC1C2CCc3nnn(C(C)(C)C)c3CCC21. The second-order valence-corrected chi connectivity index (χ2v) is 7.29. The van der Waals surface area contributed by atoms with Crippen LogP contribution in [0.5, 0.6) is 0 Å². The van der Waals surface area contributed by atoms with Crippen LogP contribution in [-0.4, -0.2) is 28.2 Å². The van der Waals surface area contributed by atoms with E-state index < -0.39 is 0 Å². The molecule has 0 N–H and O–H groups in total. The van der Waals surface area contributed by atoms with Crippen molar-refractivity contribution in [2.24, 2.45) is 17.8 Å². The zero-order chi connectivity index (χ0) is 14.3. The molecule has 0 radical (unpaired) electrons. The molecular weight excluding hydrogens is 250 g/mol. The quantitative estimate of drug-likeness (QED) is 0.853. The van der Waals surface area contributed by atoms with Crippen molar-refractivity contribution >= 4 is 0 Å². The van der Waals surface area contributed by atoms with Crippen molar-refractivity contribution in [3.63, 3.8) is 0 Å². The number of hydrogen-bond donors (Lipinski definition) is 0. The van der Waals surface area contributed by atoms with Crippen molar-refractivity contribution in [2.45, 2.75) is 58.9 Å².